The molecular formula is C11H14Cl2N2O. The van der Waals surface area contributed by atoms with Gasteiger partial charge in [0.25, 0.3) is 0 Å². The molecule has 3 nitrogen and oxygen atoms in total. The Morgan fingerprint density at radius 1 is 1.25 bits per heavy atom. The third kappa shape index (κ3) is 4.73. The van der Waals surface area contributed by atoms with Gasteiger partial charge in [-0.3, -0.25) is 4.79 Å². The molecule has 5 heteroatoms. The van der Waals surface area contributed by atoms with E-state index in [1.165, 1.54) is 0 Å². The van der Waals surface area contributed by atoms with Crippen molar-refractivity contribution in [3.63, 3.8) is 0 Å². The Labute approximate surface area is 105 Å². The van der Waals surface area contributed by atoms with Gasteiger partial charge < -0.3 is 10.6 Å². The van der Waals surface area contributed by atoms with Crippen molar-refractivity contribution < 1.29 is 4.79 Å². The number of carbonyl (C=O) groups is 1. The summed E-state index contributed by atoms with van der Waals surface area (Å²) >= 11 is 11.7. The molecular weight excluding hydrogens is 247 g/mol. The highest BCUT2D eigenvalue weighted by Crippen LogP contribution is 2.22. The van der Waals surface area contributed by atoms with E-state index in [0.717, 1.165) is 5.69 Å². The second-order valence-electron chi connectivity index (χ2n) is 3.29. The van der Waals surface area contributed by atoms with E-state index in [2.05, 4.69) is 10.6 Å². The van der Waals surface area contributed by atoms with E-state index < -0.39 is 0 Å². The predicted molar refractivity (Wildman–Crippen MR) is 68.3 cm³/mol. The van der Waals surface area contributed by atoms with Crippen LogP contribution in [0.3, 0.4) is 0 Å². The van der Waals surface area contributed by atoms with Gasteiger partial charge in [-0.1, -0.05) is 23.2 Å². The molecule has 2 N–H and O–H groups in total. The third-order valence-corrected chi connectivity index (χ3v) is 2.35. The standard InChI is InChI=1S/C11H14Cl2N2O/c1-2-14-11(16)3-4-15-10-6-8(12)5-9(13)7-10/h5-7,15H,2-4H2,1H3,(H,14,16). The second-order valence-corrected chi connectivity index (χ2v) is 4.16. The number of hydrogen-bond acceptors (Lipinski definition) is 2. The molecule has 0 aromatic heterocycles. The van der Waals surface area contributed by atoms with Crippen molar-refractivity contribution in [3.05, 3.63) is 28.2 Å². The van der Waals surface area contributed by atoms with Crippen LogP contribution in [0.5, 0.6) is 0 Å². The van der Waals surface area contributed by atoms with E-state index >= 15 is 0 Å². The summed E-state index contributed by atoms with van der Waals surface area (Å²) in [5.41, 5.74) is 0.821. The van der Waals surface area contributed by atoms with E-state index in [0.29, 0.717) is 29.6 Å². The van der Waals surface area contributed by atoms with Crippen molar-refractivity contribution in [2.45, 2.75) is 13.3 Å². The molecule has 0 bridgehead atoms. The molecule has 0 saturated heterocycles. The van der Waals surface area contributed by atoms with Crippen LogP contribution >= 0.6 is 23.2 Å². The molecule has 1 aromatic rings. The van der Waals surface area contributed by atoms with Crippen LogP contribution in [0.4, 0.5) is 5.69 Å². The van der Waals surface area contributed by atoms with Crippen molar-refractivity contribution in [2.24, 2.45) is 0 Å². The van der Waals surface area contributed by atoms with Crippen LogP contribution in [0.2, 0.25) is 10.0 Å². The van der Waals surface area contributed by atoms with Gasteiger partial charge in [0.1, 0.15) is 0 Å². The lowest BCUT2D eigenvalue weighted by Crippen LogP contribution is -2.24. The molecule has 0 unspecified atom stereocenters. The van der Waals surface area contributed by atoms with E-state index in [4.69, 9.17) is 23.2 Å². The van der Waals surface area contributed by atoms with Gasteiger partial charge in [0, 0.05) is 35.2 Å². The monoisotopic (exact) mass is 260 g/mol. The topological polar surface area (TPSA) is 41.1 Å². The Bertz CT molecular complexity index is 349. The SMILES string of the molecule is CCNC(=O)CCNc1cc(Cl)cc(Cl)c1. The number of nitrogens with one attached hydrogen (secondary N) is 2. The van der Waals surface area contributed by atoms with E-state index in [9.17, 15) is 4.79 Å². The van der Waals surface area contributed by atoms with Gasteiger partial charge in [-0.25, -0.2) is 0 Å². The van der Waals surface area contributed by atoms with Crippen molar-refractivity contribution in [1.82, 2.24) is 5.32 Å². The fourth-order valence-corrected chi connectivity index (χ4v) is 1.79. The van der Waals surface area contributed by atoms with Crippen molar-refractivity contribution in [2.75, 3.05) is 18.4 Å². The lowest BCUT2D eigenvalue weighted by Gasteiger charge is -2.07. The largest absolute Gasteiger partial charge is 0.384 e. The minimum Gasteiger partial charge on any atom is -0.384 e. The van der Waals surface area contributed by atoms with Crippen LogP contribution in [-0.2, 0) is 4.79 Å². The summed E-state index contributed by atoms with van der Waals surface area (Å²) in [6.45, 7) is 3.10. The molecule has 0 aliphatic heterocycles. The normalized spacial score (nSPS) is 9.94. The first-order chi connectivity index (χ1) is 7.61. The summed E-state index contributed by atoms with van der Waals surface area (Å²) in [6.07, 6.45) is 0.429. The zero-order valence-electron chi connectivity index (χ0n) is 9.02. The molecule has 88 valence electrons. The summed E-state index contributed by atoms with van der Waals surface area (Å²) in [4.78, 5) is 11.2. The molecule has 1 rings (SSSR count). The van der Waals surface area contributed by atoms with Crippen LogP contribution in [0.15, 0.2) is 18.2 Å². The molecule has 0 spiro atoms. The number of benzene rings is 1. The Morgan fingerprint density at radius 2 is 1.88 bits per heavy atom. The van der Waals surface area contributed by atoms with Gasteiger partial charge in [-0.2, -0.15) is 0 Å². The molecule has 1 aromatic carbocycles. The lowest BCUT2D eigenvalue weighted by atomic mass is 10.3. The Balaban J connectivity index is 2.40. The highest BCUT2D eigenvalue weighted by atomic mass is 35.5. The predicted octanol–water partition coefficient (Wildman–Crippen LogP) is 2.93. The second kappa shape index (κ2) is 6.61. The fourth-order valence-electron chi connectivity index (χ4n) is 1.26. The van der Waals surface area contributed by atoms with Crippen LogP contribution in [-0.4, -0.2) is 19.0 Å². The van der Waals surface area contributed by atoms with Crippen LogP contribution < -0.4 is 10.6 Å². The summed E-state index contributed by atoms with van der Waals surface area (Å²) in [7, 11) is 0. The first kappa shape index (κ1) is 13.1. The summed E-state index contributed by atoms with van der Waals surface area (Å²) in [6, 6.07) is 5.20. The van der Waals surface area contributed by atoms with E-state index in [1.807, 2.05) is 6.92 Å². The first-order valence-electron chi connectivity index (χ1n) is 5.08. The highest BCUT2D eigenvalue weighted by Gasteiger charge is 2.00. The number of carbonyl (C=O) groups excluding carboxylic acids is 1. The van der Waals surface area contributed by atoms with Gasteiger partial charge in [-0.15, -0.1) is 0 Å². The molecule has 0 saturated carbocycles. The quantitative estimate of drug-likeness (QED) is 0.855. The molecule has 0 heterocycles. The zero-order chi connectivity index (χ0) is 12.0. The number of rotatable bonds is 5. The Kier molecular flexibility index (Phi) is 5.43. The number of anilines is 1. The summed E-state index contributed by atoms with van der Waals surface area (Å²) in [5.74, 6) is 0.0307. The summed E-state index contributed by atoms with van der Waals surface area (Å²) < 4.78 is 0. The third-order valence-electron chi connectivity index (χ3n) is 1.92. The highest BCUT2D eigenvalue weighted by molar-refractivity contribution is 6.35. The molecule has 0 radical (unpaired) electrons. The summed E-state index contributed by atoms with van der Waals surface area (Å²) in [5, 5.41) is 6.96. The molecule has 0 aliphatic rings. The Morgan fingerprint density at radius 3 is 2.44 bits per heavy atom. The maximum absolute atomic E-state index is 11.2. The van der Waals surface area contributed by atoms with Crippen molar-refractivity contribution in [1.29, 1.82) is 0 Å². The lowest BCUT2D eigenvalue weighted by molar-refractivity contribution is -0.120. The van der Waals surface area contributed by atoms with Gasteiger partial charge in [0.2, 0.25) is 5.91 Å². The fraction of sp³-hybridized carbons (Fsp3) is 0.364. The van der Waals surface area contributed by atoms with Crippen LogP contribution in [0.25, 0.3) is 0 Å². The number of amides is 1. The van der Waals surface area contributed by atoms with Gasteiger partial charge in [0.15, 0.2) is 0 Å². The minimum absolute atomic E-state index is 0.0307. The number of halogens is 2. The van der Waals surface area contributed by atoms with Crippen molar-refractivity contribution >= 4 is 34.8 Å². The average Bonchev–Trinajstić information content (AvgIpc) is 2.16. The van der Waals surface area contributed by atoms with Crippen molar-refractivity contribution in [3.8, 4) is 0 Å². The van der Waals surface area contributed by atoms with Crippen LogP contribution in [0.1, 0.15) is 13.3 Å². The zero-order valence-corrected chi connectivity index (χ0v) is 10.5. The van der Waals surface area contributed by atoms with Crippen LogP contribution in [0, 0.1) is 0 Å². The molecule has 0 atom stereocenters. The Hall–Kier alpha value is -0.930. The molecule has 1 amide bonds. The number of hydrogen-bond donors (Lipinski definition) is 2. The van der Waals surface area contributed by atoms with Gasteiger partial charge in [-0.05, 0) is 25.1 Å². The molecule has 0 fully saturated rings. The first-order valence-corrected chi connectivity index (χ1v) is 5.84. The maximum Gasteiger partial charge on any atom is 0.221 e. The molecule has 0 aliphatic carbocycles. The minimum atomic E-state index is 0.0307. The van der Waals surface area contributed by atoms with Gasteiger partial charge >= 0.3 is 0 Å². The maximum atomic E-state index is 11.2. The molecule has 16 heavy (non-hydrogen) atoms. The van der Waals surface area contributed by atoms with E-state index in [-0.39, 0.29) is 5.91 Å². The van der Waals surface area contributed by atoms with Gasteiger partial charge in [0.05, 0.1) is 0 Å². The van der Waals surface area contributed by atoms with E-state index in [1.54, 1.807) is 18.2 Å². The average molecular weight is 261 g/mol. The smallest absolute Gasteiger partial charge is 0.221 e.